The molecular weight excluding hydrogens is 416 g/mol. The lowest BCUT2D eigenvalue weighted by Gasteiger charge is -2.42. The highest BCUT2D eigenvalue weighted by molar-refractivity contribution is 5.70. The highest BCUT2D eigenvalue weighted by atomic mass is 16.4. The van der Waals surface area contributed by atoms with Crippen LogP contribution < -0.4 is 5.32 Å². The molecule has 1 aliphatic heterocycles. The van der Waals surface area contributed by atoms with Crippen LogP contribution in [0.1, 0.15) is 53.4 Å². The van der Waals surface area contributed by atoms with Crippen LogP contribution in [-0.2, 0) is 14.4 Å². The molecule has 1 heterocycles. The van der Waals surface area contributed by atoms with Crippen LogP contribution in [-0.4, -0.2) is 118 Å². The highest BCUT2D eigenvalue weighted by Crippen LogP contribution is 2.17. The van der Waals surface area contributed by atoms with E-state index < -0.39 is 17.9 Å². The number of nitrogens with zero attached hydrogens (tertiary/aromatic N) is 3. The molecule has 32 heavy (non-hydrogen) atoms. The zero-order chi connectivity index (χ0) is 24.3. The van der Waals surface area contributed by atoms with Gasteiger partial charge >= 0.3 is 17.9 Å². The monoisotopic (exact) mass is 458 g/mol. The third-order valence-electron chi connectivity index (χ3n) is 6.46. The SMILES string of the molecule is CC[C@@H]1CN(CC(=O)O)[C@H](CC)CN(CC(=O)O)[C@H](CC)CN(CC(=O)O)[C@H](CC)CN1. The Labute approximate surface area is 191 Å². The molecule has 1 fully saturated rings. The molecule has 0 unspecified atom stereocenters. The van der Waals surface area contributed by atoms with Crippen molar-refractivity contribution in [1.29, 1.82) is 0 Å². The molecule has 4 atom stereocenters. The molecule has 1 saturated heterocycles. The molecule has 0 radical (unpaired) electrons. The van der Waals surface area contributed by atoms with Crippen molar-refractivity contribution in [2.75, 3.05) is 45.8 Å². The van der Waals surface area contributed by atoms with Crippen molar-refractivity contribution in [3.8, 4) is 0 Å². The summed E-state index contributed by atoms with van der Waals surface area (Å²) < 4.78 is 0. The van der Waals surface area contributed by atoms with Gasteiger partial charge in [-0.2, -0.15) is 0 Å². The molecule has 0 bridgehead atoms. The van der Waals surface area contributed by atoms with E-state index in [9.17, 15) is 29.7 Å². The van der Waals surface area contributed by atoms with Crippen molar-refractivity contribution in [2.45, 2.75) is 77.5 Å². The van der Waals surface area contributed by atoms with E-state index >= 15 is 0 Å². The van der Waals surface area contributed by atoms with Crippen molar-refractivity contribution < 1.29 is 29.7 Å². The Morgan fingerprint density at radius 3 is 1.38 bits per heavy atom. The van der Waals surface area contributed by atoms with E-state index in [-0.39, 0.29) is 43.8 Å². The first-order valence-electron chi connectivity index (χ1n) is 11.8. The second-order valence-electron chi connectivity index (χ2n) is 8.67. The fourth-order valence-electron chi connectivity index (χ4n) is 4.55. The molecule has 10 nitrogen and oxygen atoms in total. The van der Waals surface area contributed by atoms with Crippen molar-refractivity contribution in [3.05, 3.63) is 0 Å². The maximum atomic E-state index is 11.7. The van der Waals surface area contributed by atoms with Gasteiger partial charge < -0.3 is 20.6 Å². The Morgan fingerprint density at radius 1 is 0.656 bits per heavy atom. The van der Waals surface area contributed by atoms with Gasteiger partial charge in [-0.3, -0.25) is 29.1 Å². The van der Waals surface area contributed by atoms with Crippen molar-refractivity contribution in [3.63, 3.8) is 0 Å². The summed E-state index contributed by atoms with van der Waals surface area (Å²) in [6.07, 6.45) is 2.91. The molecule has 1 rings (SSSR count). The second-order valence-corrected chi connectivity index (χ2v) is 8.67. The average Bonchev–Trinajstić information content (AvgIpc) is 2.71. The fourth-order valence-corrected chi connectivity index (χ4v) is 4.55. The predicted molar refractivity (Wildman–Crippen MR) is 122 cm³/mol. The standard InChI is InChI=1S/C22H42N4O6/c1-5-16-10-24(13-20(27)28)18(7-3)12-26(15-22(31)32)19(8-4)11-25(14-21(29)30)17(6-2)9-23-16/h16-19,23H,5-15H2,1-4H3,(H,27,28)(H,29,30)(H,31,32)/t16-,17-,18-,19-/m1/s1. The summed E-state index contributed by atoms with van der Waals surface area (Å²) >= 11 is 0. The van der Waals surface area contributed by atoms with E-state index in [1.165, 1.54) is 0 Å². The molecule has 186 valence electrons. The number of carboxylic acid groups (broad SMARTS) is 3. The van der Waals surface area contributed by atoms with E-state index in [2.05, 4.69) is 5.32 Å². The number of hydrogen-bond donors (Lipinski definition) is 4. The summed E-state index contributed by atoms with van der Waals surface area (Å²) in [4.78, 5) is 40.6. The molecule has 0 aliphatic carbocycles. The quantitative estimate of drug-likeness (QED) is 0.373. The van der Waals surface area contributed by atoms with E-state index in [0.29, 0.717) is 39.0 Å². The van der Waals surface area contributed by atoms with Crippen LogP contribution in [0.3, 0.4) is 0 Å². The van der Waals surface area contributed by atoms with Gasteiger partial charge in [0.1, 0.15) is 0 Å². The molecular formula is C22H42N4O6. The number of nitrogens with one attached hydrogen (secondary N) is 1. The Balaban J connectivity index is 3.38. The first-order chi connectivity index (χ1) is 15.1. The Hall–Kier alpha value is -1.75. The van der Waals surface area contributed by atoms with Crippen LogP contribution in [0.4, 0.5) is 0 Å². The molecule has 0 aromatic carbocycles. The number of carbonyl (C=O) groups is 3. The van der Waals surface area contributed by atoms with Crippen LogP contribution in [0.15, 0.2) is 0 Å². The molecule has 0 spiro atoms. The van der Waals surface area contributed by atoms with Gasteiger partial charge in [0.2, 0.25) is 0 Å². The number of carboxylic acids is 3. The number of hydrogen-bond acceptors (Lipinski definition) is 7. The molecule has 0 aromatic heterocycles. The molecule has 0 saturated carbocycles. The first kappa shape index (κ1) is 28.3. The predicted octanol–water partition coefficient (Wildman–Crippen LogP) is 0.864. The summed E-state index contributed by atoms with van der Waals surface area (Å²) in [5, 5.41) is 32.1. The van der Waals surface area contributed by atoms with Gasteiger partial charge in [0, 0.05) is 50.3 Å². The number of aliphatic carboxylic acids is 3. The van der Waals surface area contributed by atoms with Crippen molar-refractivity contribution in [1.82, 2.24) is 20.0 Å². The lowest BCUT2D eigenvalue weighted by Crippen LogP contribution is -2.58. The Bertz CT molecular complexity index is 591. The topological polar surface area (TPSA) is 134 Å². The molecule has 1 aliphatic rings. The molecule has 4 N–H and O–H groups in total. The zero-order valence-electron chi connectivity index (χ0n) is 20.0. The van der Waals surface area contributed by atoms with Crippen LogP contribution in [0.5, 0.6) is 0 Å². The third kappa shape index (κ3) is 9.40. The largest absolute Gasteiger partial charge is 0.480 e. The highest BCUT2D eigenvalue weighted by Gasteiger charge is 2.32. The summed E-state index contributed by atoms with van der Waals surface area (Å²) in [7, 11) is 0. The summed E-state index contributed by atoms with van der Waals surface area (Å²) in [5.41, 5.74) is 0. The fraction of sp³-hybridized carbons (Fsp3) is 0.864. The molecule has 10 heteroatoms. The van der Waals surface area contributed by atoms with Crippen molar-refractivity contribution >= 4 is 17.9 Å². The normalized spacial score (nSPS) is 27.4. The summed E-state index contributed by atoms with van der Waals surface area (Å²) in [5.74, 6) is -2.75. The van der Waals surface area contributed by atoms with Crippen LogP contribution in [0.2, 0.25) is 0 Å². The summed E-state index contributed by atoms with van der Waals surface area (Å²) in [6.45, 7) is 9.67. The Kier molecular flexibility index (Phi) is 12.7. The minimum absolute atomic E-state index is 0.0183. The van der Waals surface area contributed by atoms with Gasteiger partial charge in [0.05, 0.1) is 19.6 Å². The minimum atomic E-state index is -0.944. The third-order valence-corrected chi connectivity index (χ3v) is 6.46. The van der Waals surface area contributed by atoms with Gasteiger partial charge in [0.25, 0.3) is 0 Å². The zero-order valence-corrected chi connectivity index (χ0v) is 20.0. The van der Waals surface area contributed by atoms with Gasteiger partial charge in [-0.1, -0.05) is 27.7 Å². The number of rotatable bonds is 10. The van der Waals surface area contributed by atoms with E-state index in [0.717, 1.165) is 12.8 Å². The molecule has 0 amide bonds. The average molecular weight is 459 g/mol. The smallest absolute Gasteiger partial charge is 0.317 e. The molecule has 0 aromatic rings. The van der Waals surface area contributed by atoms with Crippen LogP contribution >= 0.6 is 0 Å². The van der Waals surface area contributed by atoms with Crippen molar-refractivity contribution in [2.24, 2.45) is 0 Å². The maximum Gasteiger partial charge on any atom is 0.317 e. The first-order valence-corrected chi connectivity index (χ1v) is 11.8. The van der Waals surface area contributed by atoms with Gasteiger partial charge in [-0.25, -0.2) is 0 Å². The second kappa shape index (κ2) is 14.4. The van der Waals surface area contributed by atoms with Gasteiger partial charge in [0.15, 0.2) is 0 Å². The lowest BCUT2D eigenvalue weighted by atomic mass is 10.0. The van der Waals surface area contributed by atoms with E-state index in [1.54, 1.807) is 0 Å². The van der Waals surface area contributed by atoms with Crippen LogP contribution in [0, 0.1) is 0 Å². The summed E-state index contributed by atoms with van der Waals surface area (Å²) in [6, 6.07) is -0.236. The lowest BCUT2D eigenvalue weighted by molar-refractivity contribution is -0.142. The van der Waals surface area contributed by atoms with Gasteiger partial charge in [-0.15, -0.1) is 0 Å². The Morgan fingerprint density at radius 2 is 1.03 bits per heavy atom. The van der Waals surface area contributed by atoms with E-state index in [1.807, 2.05) is 42.4 Å². The maximum absolute atomic E-state index is 11.7. The van der Waals surface area contributed by atoms with Gasteiger partial charge in [-0.05, 0) is 25.7 Å². The van der Waals surface area contributed by atoms with E-state index in [4.69, 9.17) is 0 Å². The van der Waals surface area contributed by atoms with Crippen LogP contribution in [0.25, 0.3) is 0 Å². The minimum Gasteiger partial charge on any atom is -0.480 e.